The van der Waals surface area contributed by atoms with E-state index in [-0.39, 0.29) is 0 Å². The van der Waals surface area contributed by atoms with E-state index in [9.17, 15) is 0 Å². The number of hydrogen-bond donors (Lipinski definition) is 0. The molecule has 0 aliphatic carbocycles. The molecule has 0 rings (SSSR count). The van der Waals surface area contributed by atoms with E-state index >= 15 is 0 Å². The van der Waals surface area contributed by atoms with Crippen LogP contribution >= 0.6 is 0 Å². The van der Waals surface area contributed by atoms with E-state index in [1.54, 1.807) is 0 Å². The molecule has 0 saturated carbocycles. The van der Waals surface area contributed by atoms with Crippen LogP contribution in [0.2, 0.25) is 58.9 Å². The van der Waals surface area contributed by atoms with Gasteiger partial charge in [0.1, 0.15) is 16.5 Å². The van der Waals surface area contributed by atoms with Crippen molar-refractivity contribution < 1.29 is 4.43 Å². The van der Waals surface area contributed by atoms with Gasteiger partial charge in [-0.1, -0.05) is 39.3 Å². The van der Waals surface area contributed by atoms with Gasteiger partial charge in [-0.3, -0.25) is 0 Å². The molecule has 0 aromatic heterocycles. The highest BCUT2D eigenvalue weighted by atomic mass is 28.4. The fourth-order valence-corrected chi connectivity index (χ4v) is 12.7. The van der Waals surface area contributed by atoms with Crippen LogP contribution in [0.4, 0.5) is 0 Å². The lowest BCUT2D eigenvalue weighted by Crippen LogP contribution is -2.59. The van der Waals surface area contributed by atoms with E-state index < -0.39 is 24.8 Å². The summed E-state index contributed by atoms with van der Waals surface area (Å²) in [4.78, 5) is 0. The van der Waals surface area contributed by atoms with E-state index in [2.05, 4.69) is 63.2 Å². The van der Waals surface area contributed by atoms with Gasteiger partial charge in [0.05, 0.1) is 0 Å². The molecule has 17 heavy (non-hydrogen) atoms. The summed E-state index contributed by atoms with van der Waals surface area (Å²) >= 11 is 0. The van der Waals surface area contributed by atoms with Gasteiger partial charge < -0.3 is 8.66 Å². The van der Waals surface area contributed by atoms with Crippen LogP contribution in [0, 0.1) is 0 Å². The van der Waals surface area contributed by atoms with Crippen molar-refractivity contribution in [2.24, 2.45) is 0 Å². The SMILES string of the molecule is C[Si](C)(C)OCCCN([Si](C)(C)C)[Si](C)(C)C. The van der Waals surface area contributed by atoms with E-state index in [1.165, 1.54) is 13.0 Å². The average Bonchev–Trinajstić information content (AvgIpc) is 1.95. The Labute approximate surface area is 112 Å². The molecular weight excluding hydrogens is 258 g/mol. The van der Waals surface area contributed by atoms with Crippen molar-refractivity contribution in [3.05, 3.63) is 0 Å². The zero-order valence-electron chi connectivity index (χ0n) is 13.5. The molecule has 0 aromatic rings. The van der Waals surface area contributed by atoms with Crippen LogP contribution in [-0.2, 0) is 4.43 Å². The van der Waals surface area contributed by atoms with Gasteiger partial charge in [-0.15, -0.1) is 0 Å². The Bertz CT molecular complexity index is 211. The van der Waals surface area contributed by atoms with Crippen molar-refractivity contribution in [3.63, 3.8) is 0 Å². The fraction of sp³-hybridized carbons (Fsp3) is 1.00. The Kier molecular flexibility index (Phi) is 6.35. The molecule has 0 fully saturated rings. The zero-order valence-corrected chi connectivity index (χ0v) is 16.5. The lowest BCUT2D eigenvalue weighted by molar-refractivity contribution is 0.297. The molecule has 0 bridgehead atoms. The third-order valence-electron chi connectivity index (χ3n) is 2.68. The van der Waals surface area contributed by atoms with Gasteiger partial charge in [-0.2, -0.15) is 0 Å². The van der Waals surface area contributed by atoms with Crippen molar-refractivity contribution >= 4 is 24.8 Å². The first kappa shape index (κ1) is 17.6. The third kappa shape index (κ3) is 8.31. The van der Waals surface area contributed by atoms with Gasteiger partial charge in [-0.05, 0) is 32.6 Å². The molecule has 0 N–H and O–H groups in total. The minimum absolute atomic E-state index is 0.946. The van der Waals surface area contributed by atoms with Crippen molar-refractivity contribution in [3.8, 4) is 0 Å². The molecular formula is C12H33NOSi3. The van der Waals surface area contributed by atoms with Gasteiger partial charge in [0.15, 0.2) is 8.32 Å². The molecule has 0 amide bonds. The highest BCUT2D eigenvalue weighted by Gasteiger charge is 2.33. The quantitative estimate of drug-likeness (QED) is 0.515. The molecule has 0 atom stereocenters. The van der Waals surface area contributed by atoms with Crippen molar-refractivity contribution in [2.75, 3.05) is 13.2 Å². The molecule has 0 unspecified atom stereocenters. The highest BCUT2D eigenvalue weighted by Crippen LogP contribution is 2.20. The first-order valence-electron chi connectivity index (χ1n) is 6.76. The van der Waals surface area contributed by atoms with Gasteiger partial charge in [-0.25, -0.2) is 0 Å². The lowest BCUT2D eigenvalue weighted by Gasteiger charge is -2.43. The summed E-state index contributed by atoms with van der Waals surface area (Å²) in [5, 5.41) is 0. The fourth-order valence-electron chi connectivity index (χ4n) is 2.28. The number of rotatable bonds is 7. The Morgan fingerprint density at radius 2 is 1.18 bits per heavy atom. The molecule has 104 valence electrons. The van der Waals surface area contributed by atoms with Gasteiger partial charge in [0, 0.05) is 6.61 Å². The topological polar surface area (TPSA) is 12.5 Å². The molecule has 0 spiro atoms. The van der Waals surface area contributed by atoms with Gasteiger partial charge in [0.2, 0.25) is 0 Å². The summed E-state index contributed by atoms with van der Waals surface area (Å²) in [6.07, 6.45) is 1.19. The smallest absolute Gasteiger partial charge is 0.183 e. The molecule has 0 aromatic carbocycles. The molecule has 0 radical (unpaired) electrons. The number of nitrogens with zero attached hydrogens (tertiary/aromatic N) is 1. The number of hydrogen-bond acceptors (Lipinski definition) is 2. The monoisotopic (exact) mass is 291 g/mol. The molecule has 0 aliphatic heterocycles. The Morgan fingerprint density at radius 1 is 0.765 bits per heavy atom. The van der Waals surface area contributed by atoms with Crippen LogP contribution in [-0.4, -0.2) is 42.2 Å². The summed E-state index contributed by atoms with van der Waals surface area (Å²) in [5.74, 6) is 0. The second kappa shape index (κ2) is 6.14. The van der Waals surface area contributed by atoms with Crippen molar-refractivity contribution in [1.82, 2.24) is 4.23 Å². The largest absolute Gasteiger partial charge is 0.418 e. The zero-order chi connectivity index (χ0) is 13.9. The second-order valence-corrected chi connectivity index (χ2v) is 22.5. The van der Waals surface area contributed by atoms with Crippen LogP contribution in [0.15, 0.2) is 0 Å². The minimum atomic E-state index is -1.32. The molecule has 0 saturated heterocycles. The molecule has 0 heterocycles. The van der Waals surface area contributed by atoms with Crippen molar-refractivity contribution in [1.29, 1.82) is 0 Å². The minimum Gasteiger partial charge on any atom is -0.418 e. The normalized spacial score (nSPS) is 14.5. The van der Waals surface area contributed by atoms with Crippen LogP contribution in [0.1, 0.15) is 6.42 Å². The lowest BCUT2D eigenvalue weighted by atomic mass is 10.5. The Morgan fingerprint density at radius 3 is 1.47 bits per heavy atom. The van der Waals surface area contributed by atoms with Crippen LogP contribution in [0.25, 0.3) is 0 Å². The van der Waals surface area contributed by atoms with Crippen LogP contribution < -0.4 is 0 Å². The average molecular weight is 292 g/mol. The Hall–Kier alpha value is 0.571. The van der Waals surface area contributed by atoms with Gasteiger partial charge >= 0.3 is 0 Å². The summed E-state index contributed by atoms with van der Waals surface area (Å²) in [7, 11) is -3.65. The predicted molar refractivity (Wildman–Crippen MR) is 87.3 cm³/mol. The summed E-state index contributed by atoms with van der Waals surface area (Å²) in [5.41, 5.74) is 0. The molecule has 0 aliphatic rings. The standard InChI is InChI=1S/C12H33NOSi3/c1-15(2,3)13(16(4,5)6)11-10-12-14-17(7,8)9/h10-12H2,1-9H3. The van der Waals surface area contributed by atoms with E-state index in [1.807, 2.05) is 0 Å². The Balaban J connectivity index is 4.22. The van der Waals surface area contributed by atoms with Gasteiger partial charge in [0.25, 0.3) is 0 Å². The maximum Gasteiger partial charge on any atom is 0.183 e. The maximum atomic E-state index is 5.95. The van der Waals surface area contributed by atoms with Crippen LogP contribution in [0.5, 0.6) is 0 Å². The van der Waals surface area contributed by atoms with E-state index in [0.717, 1.165) is 6.61 Å². The first-order chi connectivity index (χ1) is 7.34. The predicted octanol–water partition coefficient (Wildman–Crippen LogP) is 4.20. The third-order valence-corrected chi connectivity index (χ3v) is 11.5. The summed E-state index contributed by atoms with van der Waals surface area (Å²) in [6, 6.07) is 0. The van der Waals surface area contributed by atoms with E-state index in [4.69, 9.17) is 4.43 Å². The first-order valence-corrected chi connectivity index (χ1v) is 17.1. The molecule has 5 heteroatoms. The van der Waals surface area contributed by atoms with Crippen LogP contribution in [0.3, 0.4) is 0 Å². The summed E-state index contributed by atoms with van der Waals surface area (Å²) in [6.45, 7) is 23.8. The molecule has 2 nitrogen and oxygen atoms in total. The maximum absolute atomic E-state index is 5.95. The van der Waals surface area contributed by atoms with E-state index in [0.29, 0.717) is 0 Å². The second-order valence-electron chi connectivity index (χ2n) is 7.81. The highest BCUT2D eigenvalue weighted by molar-refractivity contribution is 6.89. The van der Waals surface area contributed by atoms with Crippen molar-refractivity contribution in [2.45, 2.75) is 65.3 Å². The summed E-state index contributed by atoms with van der Waals surface area (Å²) < 4.78 is 8.79.